The number of carboxylic acids is 1. The number of carbonyl (C=O) groups is 1. The molecule has 3 nitrogen and oxygen atoms in total. The average molecular weight is 214 g/mol. The molecule has 2 unspecified atom stereocenters. The van der Waals surface area contributed by atoms with Crippen molar-refractivity contribution in [2.24, 2.45) is 16.7 Å². The van der Waals surface area contributed by atoms with E-state index in [1.165, 1.54) is 0 Å². The molecule has 15 heavy (non-hydrogen) atoms. The molecule has 0 aromatic carbocycles. The molecule has 88 valence electrons. The van der Waals surface area contributed by atoms with Gasteiger partial charge in [0.05, 0.1) is 5.41 Å². The maximum atomic E-state index is 11.6. The van der Waals surface area contributed by atoms with Crippen LogP contribution in [0.2, 0.25) is 0 Å². The van der Waals surface area contributed by atoms with Crippen LogP contribution >= 0.6 is 0 Å². The lowest BCUT2D eigenvalue weighted by Crippen LogP contribution is -2.46. The van der Waals surface area contributed by atoms with Gasteiger partial charge in [-0.3, -0.25) is 4.79 Å². The van der Waals surface area contributed by atoms with E-state index in [0.717, 1.165) is 19.3 Å². The molecule has 1 aliphatic rings. The van der Waals surface area contributed by atoms with E-state index in [1.807, 2.05) is 20.8 Å². The van der Waals surface area contributed by atoms with Crippen molar-refractivity contribution in [3.63, 3.8) is 0 Å². The summed E-state index contributed by atoms with van der Waals surface area (Å²) in [5.41, 5.74) is -0.891. The standard InChI is InChI=1S/C12H22O3/c1-9(2)12(10(14)15)6-4-5-11(12,3)7-8-13/h9,13H,4-8H2,1-3H3,(H,14,15). The fourth-order valence-electron chi connectivity index (χ4n) is 3.47. The third-order valence-electron chi connectivity index (χ3n) is 4.41. The molecule has 0 aliphatic heterocycles. The molecule has 2 N–H and O–H groups in total. The van der Waals surface area contributed by atoms with Crippen LogP contribution in [0, 0.1) is 16.7 Å². The highest BCUT2D eigenvalue weighted by Crippen LogP contribution is 2.58. The summed E-state index contributed by atoms with van der Waals surface area (Å²) < 4.78 is 0. The topological polar surface area (TPSA) is 57.5 Å². The highest BCUT2D eigenvalue weighted by molar-refractivity contribution is 5.76. The molecule has 1 aliphatic carbocycles. The zero-order valence-corrected chi connectivity index (χ0v) is 9.92. The predicted molar refractivity (Wildman–Crippen MR) is 58.6 cm³/mol. The summed E-state index contributed by atoms with van der Waals surface area (Å²) in [6, 6.07) is 0. The summed E-state index contributed by atoms with van der Waals surface area (Å²) in [7, 11) is 0. The quantitative estimate of drug-likeness (QED) is 0.755. The van der Waals surface area contributed by atoms with Gasteiger partial charge in [-0.1, -0.05) is 27.2 Å². The molecule has 0 amide bonds. The fraction of sp³-hybridized carbons (Fsp3) is 0.917. The van der Waals surface area contributed by atoms with Crippen molar-refractivity contribution in [3.05, 3.63) is 0 Å². The van der Waals surface area contributed by atoms with Crippen LogP contribution in [0.4, 0.5) is 0 Å². The number of aliphatic hydroxyl groups excluding tert-OH is 1. The molecule has 0 spiro atoms. The Kier molecular flexibility index (Phi) is 3.44. The van der Waals surface area contributed by atoms with E-state index in [2.05, 4.69) is 0 Å². The van der Waals surface area contributed by atoms with E-state index in [0.29, 0.717) is 6.42 Å². The Morgan fingerprint density at radius 2 is 2.00 bits per heavy atom. The lowest BCUT2D eigenvalue weighted by Gasteiger charge is -2.43. The summed E-state index contributed by atoms with van der Waals surface area (Å²) in [6.45, 7) is 6.06. The Bertz CT molecular complexity index is 249. The average Bonchev–Trinajstić information content (AvgIpc) is 2.44. The predicted octanol–water partition coefficient (Wildman–Crippen LogP) is 2.29. The Balaban J connectivity index is 3.10. The Morgan fingerprint density at radius 3 is 2.40 bits per heavy atom. The molecule has 3 heteroatoms. The lowest BCUT2D eigenvalue weighted by molar-refractivity contribution is -0.161. The minimum Gasteiger partial charge on any atom is -0.481 e. The van der Waals surface area contributed by atoms with Crippen LogP contribution in [0.3, 0.4) is 0 Å². The smallest absolute Gasteiger partial charge is 0.310 e. The van der Waals surface area contributed by atoms with Crippen molar-refractivity contribution in [2.75, 3.05) is 6.61 Å². The maximum absolute atomic E-state index is 11.6. The normalized spacial score (nSPS) is 36.1. The molecule has 0 aromatic rings. The van der Waals surface area contributed by atoms with Gasteiger partial charge in [-0.2, -0.15) is 0 Å². The van der Waals surface area contributed by atoms with Crippen molar-refractivity contribution in [2.45, 2.75) is 46.5 Å². The second-order valence-electron chi connectivity index (χ2n) is 5.32. The molecule has 1 rings (SSSR count). The first kappa shape index (κ1) is 12.5. The third kappa shape index (κ3) is 1.67. The Hall–Kier alpha value is -0.570. The van der Waals surface area contributed by atoms with E-state index < -0.39 is 11.4 Å². The summed E-state index contributed by atoms with van der Waals surface area (Å²) in [5, 5.41) is 18.6. The van der Waals surface area contributed by atoms with Crippen LogP contribution in [0.25, 0.3) is 0 Å². The SMILES string of the molecule is CC(C)C1(C(=O)O)CCCC1(C)CCO. The van der Waals surface area contributed by atoms with Crippen LogP contribution in [0.15, 0.2) is 0 Å². The van der Waals surface area contributed by atoms with Gasteiger partial charge in [0, 0.05) is 6.61 Å². The van der Waals surface area contributed by atoms with Gasteiger partial charge >= 0.3 is 5.97 Å². The highest BCUT2D eigenvalue weighted by Gasteiger charge is 2.58. The van der Waals surface area contributed by atoms with Crippen molar-refractivity contribution in [3.8, 4) is 0 Å². The first-order valence-electron chi connectivity index (χ1n) is 5.75. The molecule has 2 atom stereocenters. The van der Waals surface area contributed by atoms with E-state index >= 15 is 0 Å². The second kappa shape index (κ2) is 4.12. The molecule has 0 heterocycles. The van der Waals surface area contributed by atoms with Crippen molar-refractivity contribution in [1.82, 2.24) is 0 Å². The molecular weight excluding hydrogens is 192 g/mol. The van der Waals surface area contributed by atoms with Gasteiger partial charge in [0.2, 0.25) is 0 Å². The summed E-state index contributed by atoms with van der Waals surface area (Å²) in [5.74, 6) is -0.569. The minimum atomic E-state index is -0.689. The summed E-state index contributed by atoms with van der Waals surface area (Å²) in [6.07, 6.45) is 3.22. The van der Waals surface area contributed by atoms with Crippen LogP contribution < -0.4 is 0 Å². The largest absolute Gasteiger partial charge is 0.481 e. The molecule has 0 radical (unpaired) electrons. The lowest BCUT2D eigenvalue weighted by atomic mass is 9.59. The maximum Gasteiger partial charge on any atom is 0.310 e. The zero-order valence-electron chi connectivity index (χ0n) is 9.92. The number of hydrogen-bond donors (Lipinski definition) is 2. The van der Waals surface area contributed by atoms with E-state index in [9.17, 15) is 9.90 Å². The van der Waals surface area contributed by atoms with Crippen molar-refractivity contribution < 1.29 is 15.0 Å². The van der Waals surface area contributed by atoms with Crippen molar-refractivity contribution in [1.29, 1.82) is 0 Å². The third-order valence-corrected chi connectivity index (χ3v) is 4.41. The monoisotopic (exact) mass is 214 g/mol. The van der Waals surface area contributed by atoms with Gasteiger partial charge in [0.1, 0.15) is 0 Å². The number of hydrogen-bond acceptors (Lipinski definition) is 2. The molecule has 0 aromatic heterocycles. The van der Waals surface area contributed by atoms with E-state index in [4.69, 9.17) is 5.11 Å². The zero-order chi connectivity index (χ0) is 11.7. The van der Waals surface area contributed by atoms with E-state index in [1.54, 1.807) is 0 Å². The number of aliphatic carboxylic acids is 1. The Morgan fingerprint density at radius 1 is 1.40 bits per heavy atom. The molecule has 1 fully saturated rings. The number of rotatable bonds is 4. The summed E-state index contributed by atoms with van der Waals surface area (Å²) in [4.78, 5) is 11.6. The van der Waals surface area contributed by atoms with Gasteiger partial charge < -0.3 is 10.2 Å². The first-order chi connectivity index (χ1) is 6.90. The van der Waals surface area contributed by atoms with Crippen LogP contribution in [-0.4, -0.2) is 22.8 Å². The van der Waals surface area contributed by atoms with Crippen LogP contribution in [-0.2, 0) is 4.79 Å². The van der Waals surface area contributed by atoms with Gasteiger partial charge in [-0.05, 0) is 30.6 Å². The fourth-order valence-corrected chi connectivity index (χ4v) is 3.47. The van der Waals surface area contributed by atoms with Gasteiger partial charge in [-0.25, -0.2) is 0 Å². The Labute approximate surface area is 91.5 Å². The summed E-state index contributed by atoms with van der Waals surface area (Å²) >= 11 is 0. The van der Waals surface area contributed by atoms with Gasteiger partial charge in [-0.15, -0.1) is 0 Å². The molecule has 0 bridgehead atoms. The highest BCUT2D eigenvalue weighted by atomic mass is 16.4. The molecule has 1 saturated carbocycles. The van der Waals surface area contributed by atoms with Gasteiger partial charge in [0.15, 0.2) is 0 Å². The second-order valence-corrected chi connectivity index (χ2v) is 5.32. The van der Waals surface area contributed by atoms with Crippen LogP contribution in [0.5, 0.6) is 0 Å². The molecular formula is C12H22O3. The first-order valence-corrected chi connectivity index (χ1v) is 5.75. The number of aliphatic hydroxyl groups is 1. The van der Waals surface area contributed by atoms with E-state index in [-0.39, 0.29) is 17.9 Å². The van der Waals surface area contributed by atoms with Gasteiger partial charge in [0.25, 0.3) is 0 Å². The number of carboxylic acid groups (broad SMARTS) is 1. The molecule has 0 saturated heterocycles. The van der Waals surface area contributed by atoms with Crippen molar-refractivity contribution >= 4 is 5.97 Å². The minimum absolute atomic E-state index is 0.0816. The van der Waals surface area contributed by atoms with Crippen LogP contribution in [0.1, 0.15) is 46.5 Å².